The number of halogens is 1. The second kappa shape index (κ2) is 3.69. The maximum atomic E-state index is 12.9. The zero-order chi connectivity index (χ0) is 8.27. The Morgan fingerprint density at radius 2 is 2.09 bits per heavy atom. The van der Waals surface area contributed by atoms with Crippen LogP contribution in [0.1, 0.15) is 0 Å². The van der Waals surface area contributed by atoms with E-state index in [9.17, 15) is 4.39 Å². The Hall–Kier alpha value is -0.610. The molecule has 0 N–H and O–H groups in total. The normalized spacial score (nSPS) is 9.27. The van der Waals surface area contributed by atoms with Crippen LogP contribution in [0.3, 0.4) is 0 Å². The summed E-state index contributed by atoms with van der Waals surface area (Å²) in [6.07, 6.45) is 0. The molecule has 1 rings (SSSR count). The quantitative estimate of drug-likeness (QED) is 0.429. The minimum absolute atomic E-state index is 0.311. The monoisotopic (exact) mass is 186 g/mol. The molecule has 0 amide bonds. The Labute approximate surface area is 75.4 Å². The molecule has 1 radical (unpaired) electrons. The van der Waals surface area contributed by atoms with Crippen molar-refractivity contribution in [1.29, 1.82) is 0 Å². The van der Waals surface area contributed by atoms with E-state index in [1.54, 1.807) is 18.2 Å². The molecule has 4 heteroatoms. The average Bonchev–Trinajstić information content (AvgIpc) is 2.04. The van der Waals surface area contributed by atoms with Crippen LogP contribution in [0.25, 0.3) is 0 Å². The summed E-state index contributed by atoms with van der Waals surface area (Å²) in [5.74, 6) is -0.361. The predicted molar refractivity (Wildman–Crippen MR) is 50.5 cm³/mol. The van der Waals surface area contributed by atoms with E-state index < -0.39 is 0 Å². The predicted octanol–water partition coefficient (Wildman–Crippen LogP) is 2.31. The first-order valence-corrected chi connectivity index (χ1v) is 3.68. The lowest BCUT2D eigenvalue weighted by molar-refractivity contribution is 0.631. The number of hydrogen-bond acceptors (Lipinski definition) is 2. The molecule has 0 aliphatic heterocycles. The number of benzene rings is 1. The van der Waals surface area contributed by atoms with Gasteiger partial charge in [0.15, 0.2) is 5.49 Å². The first-order valence-electron chi connectivity index (χ1n) is 2.87. The molecule has 0 unspecified atom stereocenters. The van der Waals surface area contributed by atoms with Gasteiger partial charge >= 0.3 is 0 Å². The summed E-state index contributed by atoms with van der Waals surface area (Å²) >= 11 is 8.32. The van der Waals surface area contributed by atoms with Gasteiger partial charge in [0.05, 0.1) is 5.69 Å². The number of thiocarbonyl (C=S) groups is 1. The number of para-hydroxylation sites is 1. The van der Waals surface area contributed by atoms with Gasteiger partial charge in [0.1, 0.15) is 5.82 Å². The van der Waals surface area contributed by atoms with Gasteiger partial charge in [0.25, 0.3) is 0 Å². The average molecular weight is 186 g/mol. The molecule has 0 spiro atoms. The van der Waals surface area contributed by atoms with Crippen LogP contribution in [-0.2, 0) is 0 Å². The molecule has 0 atom stereocenters. The van der Waals surface area contributed by atoms with Crippen molar-refractivity contribution in [2.24, 2.45) is 0 Å². The van der Waals surface area contributed by atoms with E-state index in [0.29, 0.717) is 5.69 Å². The molecule has 0 aromatic heterocycles. The van der Waals surface area contributed by atoms with Crippen LogP contribution in [0.15, 0.2) is 24.3 Å². The summed E-state index contributed by atoms with van der Waals surface area (Å²) in [7, 11) is 0. The van der Waals surface area contributed by atoms with Gasteiger partial charge in [-0.15, -0.1) is 0 Å². The number of hydrogen-bond donors (Lipinski definition) is 1. The Morgan fingerprint density at radius 3 is 2.64 bits per heavy atom. The van der Waals surface area contributed by atoms with E-state index in [1.165, 1.54) is 6.07 Å². The highest BCUT2D eigenvalue weighted by Crippen LogP contribution is 2.18. The Bertz CT molecular complexity index is 264. The summed E-state index contributed by atoms with van der Waals surface area (Å²) in [6, 6.07) is 6.21. The molecule has 0 saturated heterocycles. The third-order valence-electron chi connectivity index (χ3n) is 1.17. The molecule has 11 heavy (non-hydrogen) atoms. The third kappa shape index (κ3) is 1.91. The highest BCUT2D eigenvalue weighted by Gasteiger charge is 2.03. The summed E-state index contributed by atoms with van der Waals surface area (Å²) in [6.45, 7) is 0. The van der Waals surface area contributed by atoms with Crippen LogP contribution in [0, 0.1) is 5.82 Å². The van der Waals surface area contributed by atoms with E-state index in [1.807, 2.05) is 0 Å². The summed E-state index contributed by atoms with van der Waals surface area (Å²) in [5.41, 5.74) is 2.57. The Morgan fingerprint density at radius 1 is 1.45 bits per heavy atom. The standard InChI is InChI=1S/C7H5FNS2/c8-6-3-1-2-4-7(6)9(11)5-10/h1-4,11H. The maximum Gasteiger partial charge on any atom is 0.152 e. The number of nitrogens with zero attached hydrogens (tertiary/aromatic N) is 1. The topological polar surface area (TPSA) is 3.24 Å². The zero-order valence-electron chi connectivity index (χ0n) is 5.49. The molecule has 57 valence electrons. The largest absolute Gasteiger partial charge is 0.272 e. The second-order valence-corrected chi connectivity index (χ2v) is 2.44. The van der Waals surface area contributed by atoms with Gasteiger partial charge in [-0.1, -0.05) is 37.2 Å². The lowest BCUT2D eigenvalue weighted by Gasteiger charge is -2.09. The minimum atomic E-state index is -0.361. The smallest absolute Gasteiger partial charge is 0.152 e. The third-order valence-corrected chi connectivity index (χ3v) is 1.80. The van der Waals surface area contributed by atoms with Gasteiger partial charge in [0, 0.05) is 0 Å². The molecule has 0 aliphatic carbocycles. The Kier molecular flexibility index (Phi) is 2.84. The first-order chi connectivity index (χ1) is 5.25. The van der Waals surface area contributed by atoms with Crippen molar-refractivity contribution < 1.29 is 4.39 Å². The maximum absolute atomic E-state index is 12.9. The van der Waals surface area contributed by atoms with Crippen LogP contribution < -0.4 is 4.31 Å². The SMILES string of the molecule is Fc1ccccc1N(S)[C]=S. The lowest BCUT2D eigenvalue weighted by Crippen LogP contribution is -2.06. The van der Waals surface area contributed by atoms with Crippen molar-refractivity contribution in [1.82, 2.24) is 0 Å². The van der Waals surface area contributed by atoms with Crippen molar-refractivity contribution in [3.63, 3.8) is 0 Å². The zero-order valence-corrected chi connectivity index (χ0v) is 7.20. The van der Waals surface area contributed by atoms with Crippen molar-refractivity contribution >= 4 is 36.2 Å². The highest BCUT2D eigenvalue weighted by atomic mass is 32.1. The molecule has 0 fully saturated rings. The summed E-state index contributed by atoms with van der Waals surface area (Å²) in [4.78, 5) is 0. The van der Waals surface area contributed by atoms with Gasteiger partial charge in [-0.3, -0.25) is 4.31 Å². The van der Waals surface area contributed by atoms with Crippen LogP contribution >= 0.6 is 25.0 Å². The lowest BCUT2D eigenvalue weighted by atomic mass is 10.3. The molecule has 0 saturated carbocycles. The molecule has 0 bridgehead atoms. The van der Waals surface area contributed by atoms with Gasteiger partial charge in [-0.2, -0.15) is 0 Å². The summed E-state index contributed by atoms with van der Waals surface area (Å²) < 4.78 is 14.0. The molecule has 1 aromatic rings. The molecular weight excluding hydrogens is 181 g/mol. The first kappa shape index (κ1) is 8.49. The highest BCUT2D eigenvalue weighted by molar-refractivity contribution is 7.86. The van der Waals surface area contributed by atoms with Gasteiger partial charge in [-0.05, 0) is 12.1 Å². The fourth-order valence-corrected chi connectivity index (χ4v) is 0.933. The van der Waals surface area contributed by atoms with E-state index in [4.69, 9.17) is 0 Å². The minimum Gasteiger partial charge on any atom is -0.272 e. The molecule has 0 heterocycles. The van der Waals surface area contributed by atoms with Crippen molar-refractivity contribution in [2.45, 2.75) is 0 Å². The fraction of sp³-hybridized carbons (Fsp3) is 0. The van der Waals surface area contributed by atoms with Gasteiger partial charge < -0.3 is 0 Å². The van der Waals surface area contributed by atoms with Crippen LogP contribution in [0.5, 0.6) is 0 Å². The fourth-order valence-electron chi connectivity index (χ4n) is 0.673. The van der Waals surface area contributed by atoms with E-state index in [2.05, 4.69) is 30.5 Å². The van der Waals surface area contributed by atoms with Gasteiger partial charge in [0.2, 0.25) is 0 Å². The van der Waals surface area contributed by atoms with Crippen LogP contribution in [-0.4, -0.2) is 5.49 Å². The van der Waals surface area contributed by atoms with E-state index in [-0.39, 0.29) is 5.82 Å². The molecule has 0 aliphatic rings. The second-order valence-electron chi connectivity index (χ2n) is 1.85. The van der Waals surface area contributed by atoms with Crippen molar-refractivity contribution in [3.05, 3.63) is 30.1 Å². The number of thiol groups is 1. The Balaban J connectivity index is 3.02. The van der Waals surface area contributed by atoms with Crippen LogP contribution in [0.2, 0.25) is 0 Å². The van der Waals surface area contributed by atoms with Crippen molar-refractivity contribution in [2.75, 3.05) is 4.31 Å². The molecule has 1 aromatic carbocycles. The summed E-state index contributed by atoms with van der Waals surface area (Å²) in [5, 5.41) is 0. The van der Waals surface area contributed by atoms with Crippen molar-refractivity contribution in [3.8, 4) is 0 Å². The van der Waals surface area contributed by atoms with Crippen LogP contribution in [0.4, 0.5) is 10.1 Å². The molecular formula is C7H5FNS2. The molecule has 1 nitrogen and oxygen atoms in total. The van der Waals surface area contributed by atoms with E-state index >= 15 is 0 Å². The number of rotatable bonds is 2. The van der Waals surface area contributed by atoms with Gasteiger partial charge in [-0.25, -0.2) is 4.39 Å². The van der Waals surface area contributed by atoms with E-state index in [0.717, 1.165) is 4.31 Å². The number of anilines is 1.